The minimum Gasteiger partial charge on any atom is -0.367 e. The lowest BCUT2D eigenvalue weighted by Gasteiger charge is -2.40. The van der Waals surface area contributed by atoms with Gasteiger partial charge in [-0.05, 0) is 36.8 Å². The molecular formula is C24H32N4. The summed E-state index contributed by atoms with van der Waals surface area (Å²) < 4.78 is 0. The molecule has 28 heavy (non-hydrogen) atoms. The molecule has 2 aromatic rings. The lowest BCUT2D eigenvalue weighted by molar-refractivity contribution is 0.461. The summed E-state index contributed by atoms with van der Waals surface area (Å²) in [7, 11) is 0. The first kappa shape index (κ1) is 18.0. The van der Waals surface area contributed by atoms with Crippen molar-refractivity contribution in [3.63, 3.8) is 0 Å². The number of rotatable bonds is 4. The van der Waals surface area contributed by atoms with E-state index in [0.717, 1.165) is 30.5 Å². The van der Waals surface area contributed by atoms with Gasteiger partial charge in [0.05, 0.1) is 0 Å². The number of nitrogens with zero attached hydrogens (tertiary/aromatic N) is 3. The molecule has 3 aliphatic rings. The highest BCUT2D eigenvalue weighted by molar-refractivity contribution is 5.54. The topological polar surface area (TPSA) is 41.0 Å². The van der Waals surface area contributed by atoms with Crippen LogP contribution in [-0.2, 0) is 12.0 Å². The zero-order valence-corrected chi connectivity index (χ0v) is 17.2. The molecule has 0 saturated heterocycles. The zero-order valence-electron chi connectivity index (χ0n) is 17.2. The maximum Gasteiger partial charge on any atom is 0.136 e. The van der Waals surface area contributed by atoms with Crippen molar-refractivity contribution < 1.29 is 0 Å². The number of benzene rings is 1. The molecule has 0 amide bonds. The van der Waals surface area contributed by atoms with Gasteiger partial charge in [0.15, 0.2) is 0 Å². The first-order valence-corrected chi connectivity index (χ1v) is 11.1. The molecule has 4 nitrogen and oxygen atoms in total. The lowest BCUT2D eigenvalue weighted by Crippen LogP contribution is -2.42. The molecule has 148 valence electrons. The van der Waals surface area contributed by atoms with Crippen LogP contribution < -0.4 is 10.2 Å². The summed E-state index contributed by atoms with van der Waals surface area (Å²) in [4.78, 5) is 12.4. The molecule has 1 aliphatic heterocycles. The van der Waals surface area contributed by atoms with Gasteiger partial charge in [0, 0.05) is 36.5 Å². The van der Waals surface area contributed by atoms with E-state index in [1.807, 2.05) is 0 Å². The average Bonchev–Trinajstić information content (AvgIpc) is 3.53. The van der Waals surface area contributed by atoms with Crippen molar-refractivity contribution in [2.75, 3.05) is 16.8 Å². The van der Waals surface area contributed by atoms with Crippen molar-refractivity contribution in [1.82, 2.24) is 9.97 Å². The molecule has 1 N–H and O–H groups in total. The quantitative estimate of drug-likeness (QED) is 0.776. The van der Waals surface area contributed by atoms with Crippen molar-refractivity contribution in [2.24, 2.45) is 0 Å². The number of aromatic nitrogens is 2. The molecule has 2 heterocycles. The second-order valence-corrected chi connectivity index (χ2v) is 9.62. The average molecular weight is 377 g/mol. The Balaban J connectivity index is 1.45. The Morgan fingerprint density at radius 1 is 1.00 bits per heavy atom. The predicted molar refractivity (Wildman–Crippen MR) is 115 cm³/mol. The fourth-order valence-corrected chi connectivity index (χ4v) is 4.97. The number of hydrogen-bond acceptors (Lipinski definition) is 4. The van der Waals surface area contributed by atoms with E-state index >= 15 is 0 Å². The van der Waals surface area contributed by atoms with Crippen LogP contribution in [0.5, 0.6) is 0 Å². The van der Waals surface area contributed by atoms with Crippen molar-refractivity contribution >= 4 is 11.6 Å². The number of fused-ring (bicyclic) bond motifs is 1. The number of anilines is 2. The van der Waals surface area contributed by atoms with E-state index in [1.165, 1.54) is 56.1 Å². The van der Waals surface area contributed by atoms with Crippen molar-refractivity contribution in [2.45, 2.75) is 82.7 Å². The smallest absolute Gasteiger partial charge is 0.136 e. The fourth-order valence-electron chi connectivity index (χ4n) is 4.97. The highest BCUT2D eigenvalue weighted by atomic mass is 15.2. The van der Waals surface area contributed by atoms with Gasteiger partial charge in [0.1, 0.15) is 17.5 Å². The van der Waals surface area contributed by atoms with Crippen molar-refractivity contribution in [3.8, 4) is 0 Å². The van der Waals surface area contributed by atoms with E-state index in [1.54, 1.807) is 0 Å². The lowest BCUT2D eigenvalue weighted by atomic mass is 9.78. The van der Waals surface area contributed by atoms with E-state index in [4.69, 9.17) is 9.97 Å². The third kappa shape index (κ3) is 3.61. The van der Waals surface area contributed by atoms with Crippen molar-refractivity contribution in [3.05, 3.63) is 47.3 Å². The molecule has 0 unspecified atom stereocenters. The predicted octanol–water partition coefficient (Wildman–Crippen LogP) is 5.40. The summed E-state index contributed by atoms with van der Waals surface area (Å²) in [5, 5.41) is 3.75. The number of hydrogen-bond donors (Lipinski definition) is 1. The molecule has 0 spiro atoms. The molecule has 0 radical (unpaired) electrons. The zero-order chi connectivity index (χ0) is 19.1. The molecular weight excluding hydrogens is 344 g/mol. The second kappa shape index (κ2) is 7.06. The van der Waals surface area contributed by atoms with Crippen LogP contribution in [0.25, 0.3) is 0 Å². The van der Waals surface area contributed by atoms with Crippen LogP contribution in [0.15, 0.2) is 30.3 Å². The van der Waals surface area contributed by atoms with Gasteiger partial charge in [-0.2, -0.15) is 0 Å². The maximum absolute atomic E-state index is 5.03. The second-order valence-electron chi connectivity index (χ2n) is 9.62. The van der Waals surface area contributed by atoms with Crippen LogP contribution >= 0.6 is 0 Å². The Hall–Kier alpha value is -2.10. The van der Waals surface area contributed by atoms with Gasteiger partial charge < -0.3 is 10.2 Å². The first-order chi connectivity index (χ1) is 13.6. The van der Waals surface area contributed by atoms with Gasteiger partial charge in [-0.1, -0.05) is 57.4 Å². The van der Waals surface area contributed by atoms with Crippen LogP contribution in [0.2, 0.25) is 0 Å². The molecule has 2 saturated carbocycles. The van der Waals surface area contributed by atoms with Crippen LogP contribution in [0.1, 0.15) is 81.7 Å². The highest BCUT2D eigenvalue weighted by Gasteiger charge is 2.33. The summed E-state index contributed by atoms with van der Waals surface area (Å²) in [6, 6.07) is 11.7. The monoisotopic (exact) mass is 376 g/mol. The van der Waals surface area contributed by atoms with Crippen molar-refractivity contribution in [1.29, 1.82) is 0 Å². The van der Waals surface area contributed by atoms with Gasteiger partial charge in [-0.25, -0.2) is 9.97 Å². The first-order valence-electron chi connectivity index (χ1n) is 11.1. The molecule has 0 bridgehead atoms. The Labute approximate surface area is 168 Å². The molecule has 1 aromatic carbocycles. The molecule has 0 atom stereocenters. The molecule has 2 fully saturated rings. The molecule has 1 aromatic heterocycles. The van der Waals surface area contributed by atoms with E-state index in [2.05, 4.69) is 54.4 Å². The van der Waals surface area contributed by atoms with Crippen LogP contribution in [-0.4, -0.2) is 22.6 Å². The maximum atomic E-state index is 5.03. The molecule has 5 rings (SSSR count). The summed E-state index contributed by atoms with van der Waals surface area (Å²) in [6.07, 6.45) is 9.05. The molecule has 4 heteroatoms. The summed E-state index contributed by atoms with van der Waals surface area (Å²) in [5.41, 5.74) is 3.02. The SMILES string of the molecule is CC1(C)CN(c2cc(NC3CCCCC3)nc(C3CC3)n2)Cc2ccccc21. The van der Waals surface area contributed by atoms with E-state index < -0.39 is 0 Å². The Bertz CT molecular complexity index is 849. The van der Waals surface area contributed by atoms with Crippen LogP contribution in [0.4, 0.5) is 11.6 Å². The highest BCUT2D eigenvalue weighted by Crippen LogP contribution is 2.41. The Kier molecular flexibility index (Phi) is 4.53. The van der Waals surface area contributed by atoms with Gasteiger partial charge in [0.2, 0.25) is 0 Å². The summed E-state index contributed by atoms with van der Waals surface area (Å²) >= 11 is 0. The number of nitrogens with one attached hydrogen (secondary N) is 1. The van der Waals surface area contributed by atoms with E-state index in [-0.39, 0.29) is 5.41 Å². The minimum absolute atomic E-state index is 0.122. The summed E-state index contributed by atoms with van der Waals surface area (Å²) in [6.45, 7) is 6.63. The summed E-state index contributed by atoms with van der Waals surface area (Å²) in [5.74, 6) is 3.75. The van der Waals surface area contributed by atoms with E-state index in [0.29, 0.717) is 12.0 Å². The van der Waals surface area contributed by atoms with Gasteiger partial charge in [-0.3, -0.25) is 0 Å². The standard InChI is InChI=1S/C24H32N4/c1-24(2)16-28(15-18-8-6-7-11-20(18)24)22-14-21(25-19-9-4-3-5-10-19)26-23(27-22)17-12-13-17/h6-8,11,14,17,19H,3-5,9-10,12-13,15-16H2,1-2H3,(H,25,26,27). The Morgan fingerprint density at radius 2 is 1.79 bits per heavy atom. The van der Waals surface area contributed by atoms with Gasteiger partial charge in [-0.15, -0.1) is 0 Å². The van der Waals surface area contributed by atoms with E-state index in [9.17, 15) is 0 Å². The third-order valence-electron chi connectivity index (χ3n) is 6.65. The van der Waals surface area contributed by atoms with Crippen LogP contribution in [0, 0.1) is 0 Å². The van der Waals surface area contributed by atoms with Gasteiger partial charge >= 0.3 is 0 Å². The Morgan fingerprint density at radius 3 is 2.57 bits per heavy atom. The minimum atomic E-state index is 0.122. The van der Waals surface area contributed by atoms with Crippen LogP contribution in [0.3, 0.4) is 0 Å². The fraction of sp³-hybridized carbons (Fsp3) is 0.583. The molecule has 2 aliphatic carbocycles. The third-order valence-corrected chi connectivity index (χ3v) is 6.65. The van der Waals surface area contributed by atoms with Gasteiger partial charge in [0.25, 0.3) is 0 Å². The normalized spacial score (nSPS) is 22.0. The largest absolute Gasteiger partial charge is 0.367 e.